The Bertz CT molecular complexity index is 1400. The molecule has 2 heterocycles. The van der Waals surface area contributed by atoms with Crippen LogP contribution < -0.4 is 17.0 Å². The van der Waals surface area contributed by atoms with Crippen LogP contribution in [-0.4, -0.2) is 32.5 Å². The molecule has 0 saturated carbocycles. The second kappa shape index (κ2) is 8.65. The van der Waals surface area contributed by atoms with Crippen LogP contribution in [0.25, 0.3) is 10.9 Å². The number of nitrogens with two attached hydrogens (primary N) is 1. The van der Waals surface area contributed by atoms with Gasteiger partial charge in [-0.1, -0.05) is 32.0 Å². The van der Waals surface area contributed by atoms with Crippen LogP contribution in [-0.2, 0) is 31.2 Å². The maximum absolute atomic E-state index is 13.1. The number of nitrogen functional groups attached to an aromatic ring is 1. The molecule has 0 radical (unpaired) electrons. The first-order valence-corrected chi connectivity index (χ1v) is 10.9. The van der Waals surface area contributed by atoms with E-state index >= 15 is 0 Å². The number of nitrogens with zero attached hydrogens (tertiary/aromatic N) is 3. The number of carbonyl (C=O) groups excluding carboxylic acids is 2. The number of fused-ring (bicyclic) bond motifs is 2. The lowest BCUT2D eigenvalue weighted by Crippen LogP contribution is -2.43. The molecular weight excluding hydrogens is 424 g/mol. The molecule has 4 rings (SSSR count). The number of rotatable bonds is 6. The fourth-order valence-corrected chi connectivity index (χ4v) is 4.31. The Hall–Kier alpha value is -3.75. The zero-order valence-electron chi connectivity index (χ0n) is 18.9. The SMILES string of the molecule is CC(C)Cn1c(N)c(C(=O)COC(=O)c2c3c(nc4ccccc24)CCC3)c(=O)n(C)c1=O. The predicted octanol–water partition coefficient (Wildman–Crippen LogP) is 1.86. The third kappa shape index (κ3) is 3.94. The largest absolute Gasteiger partial charge is 0.454 e. The van der Waals surface area contributed by atoms with Gasteiger partial charge in [-0.2, -0.15) is 0 Å². The summed E-state index contributed by atoms with van der Waals surface area (Å²) in [4.78, 5) is 55.7. The number of anilines is 1. The minimum atomic E-state index is -0.811. The molecule has 1 aromatic carbocycles. The number of hydrogen-bond acceptors (Lipinski definition) is 7. The number of ketones is 1. The molecule has 2 N–H and O–H groups in total. The van der Waals surface area contributed by atoms with Crippen LogP contribution in [0.2, 0.25) is 0 Å². The number of para-hydroxylation sites is 1. The van der Waals surface area contributed by atoms with Gasteiger partial charge in [-0.3, -0.25) is 23.7 Å². The van der Waals surface area contributed by atoms with E-state index in [4.69, 9.17) is 10.5 Å². The highest BCUT2D eigenvalue weighted by Gasteiger charge is 2.27. The first kappa shape index (κ1) is 22.4. The fraction of sp³-hybridized carbons (Fsp3) is 0.375. The zero-order valence-corrected chi connectivity index (χ0v) is 18.9. The molecule has 0 unspecified atom stereocenters. The van der Waals surface area contributed by atoms with Crippen molar-refractivity contribution in [3.63, 3.8) is 0 Å². The van der Waals surface area contributed by atoms with Gasteiger partial charge in [0.1, 0.15) is 11.4 Å². The summed E-state index contributed by atoms with van der Waals surface area (Å²) in [5.41, 5.74) is 7.09. The van der Waals surface area contributed by atoms with E-state index in [9.17, 15) is 19.2 Å². The van der Waals surface area contributed by atoms with Gasteiger partial charge in [0.25, 0.3) is 5.56 Å². The summed E-state index contributed by atoms with van der Waals surface area (Å²) in [6, 6.07) is 7.29. The van der Waals surface area contributed by atoms with E-state index in [2.05, 4.69) is 4.98 Å². The third-order valence-electron chi connectivity index (χ3n) is 5.87. The molecule has 0 bridgehead atoms. The van der Waals surface area contributed by atoms with Crippen molar-refractivity contribution in [2.75, 3.05) is 12.3 Å². The van der Waals surface area contributed by atoms with Crippen LogP contribution >= 0.6 is 0 Å². The Morgan fingerprint density at radius 2 is 1.88 bits per heavy atom. The molecule has 0 spiro atoms. The van der Waals surface area contributed by atoms with Crippen LogP contribution in [0.3, 0.4) is 0 Å². The van der Waals surface area contributed by atoms with Crippen LogP contribution in [0.1, 0.15) is 52.2 Å². The number of pyridine rings is 1. The maximum Gasteiger partial charge on any atom is 0.339 e. The number of esters is 1. The van der Waals surface area contributed by atoms with Gasteiger partial charge in [0.15, 0.2) is 6.61 Å². The molecule has 0 aliphatic heterocycles. The first-order chi connectivity index (χ1) is 15.7. The summed E-state index contributed by atoms with van der Waals surface area (Å²) < 4.78 is 7.41. The minimum Gasteiger partial charge on any atom is -0.454 e. The summed E-state index contributed by atoms with van der Waals surface area (Å²) >= 11 is 0. The number of carbonyl (C=O) groups is 2. The maximum atomic E-state index is 13.1. The van der Waals surface area contributed by atoms with Crippen molar-refractivity contribution < 1.29 is 14.3 Å². The summed E-state index contributed by atoms with van der Waals surface area (Å²) in [5, 5.41) is 0.663. The molecule has 1 aliphatic carbocycles. The number of hydrogen-bond donors (Lipinski definition) is 1. The number of aryl methyl sites for hydroxylation is 1. The van der Waals surface area contributed by atoms with E-state index in [1.807, 2.05) is 32.0 Å². The molecule has 0 saturated heterocycles. The summed E-state index contributed by atoms with van der Waals surface area (Å²) in [6.45, 7) is 3.35. The van der Waals surface area contributed by atoms with Gasteiger partial charge in [-0.25, -0.2) is 9.59 Å². The van der Waals surface area contributed by atoms with Gasteiger partial charge in [-0.15, -0.1) is 0 Å². The smallest absolute Gasteiger partial charge is 0.339 e. The number of benzene rings is 1. The van der Waals surface area contributed by atoms with Crippen molar-refractivity contribution >= 4 is 28.5 Å². The highest BCUT2D eigenvalue weighted by molar-refractivity contribution is 6.07. The molecule has 172 valence electrons. The molecule has 2 aromatic heterocycles. The van der Waals surface area contributed by atoms with Gasteiger partial charge < -0.3 is 10.5 Å². The van der Waals surface area contributed by atoms with Gasteiger partial charge in [0, 0.05) is 24.7 Å². The molecule has 9 nitrogen and oxygen atoms in total. The lowest BCUT2D eigenvalue weighted by molar-refractivity contribution is 0.0475. The number of Topliss-reactive ketones (excluding diaryl/α,β-unsaturated/α-hetero) is 1. The van der Waals surface area contributed by atoms with E-state index in [0.29, 0.717) is 22.9 Å². The Labute approximate surface area is 189 Å². The van der Waals surface area contributed by atoms with E-state index in [0.717, 1.165) is 28.7 Å². The van der Waals surface area contributed by atoms with Crippen LogP contribution in [0.4, 0.5) is 5.82 Å². The molecular formula is C24H26N4O5. The first-order valence-electron chi connectivity index (χ1n) is 10.9. The quantitative estimate of drug-likeness (QED) is 0.449. The normalized spacial score (nSPS) is 12.8. The second-order valence-corrected chi connectivity index (χ2v) is 8.69. The van der Waals surface area contributed by atoms with E-state index in [-0.39, 0.29) is 23.8 Å². The Morgan fingerprint density at radius 1 is 1.15 bits per heavy atom. The second-order valence-electron chi connectivity index (χ2n) is 8.69. The van der Waals surface area contributed by atoms with Crippen LogP contribution in [0, 0.1) is 5.92 Å². The molecule has 1 aliphatic rings. The Morgan fingerprint density at radius 3 is 2.61 bits per heavy atom. The van der Waals surface area contributed by atoms with E-state index in [1.165, 1.54) is 11.6 Å². The van der Waals surface area contributed by atoms with Crippen molar-refractivity contribution in [1.82, 2.24) is 14.1 Å². The van der Waals surface area contributed by atoms with Crippen molar-refractivity contribution in [3.05, 3.63) is 67.5 Å². The lowest BCUT2D eigenvalue weighted by Gasteiger charge is -2.16. The van der Waals surface area contributed by atoms with E-state index < -0.39 is 29.6 Å². The molecule has 0 fully saturated rings. The number of ether oxygens (including phenoxy) is 1. The zero-order chi connectivity index (χ0) is 23.9. The molecule has 0 amide bonds. The monoisotopic (exact) mass is 450 g/mol. The van der Waals surface area contributed by atoms with Gasteiger partial charge >= 0.3 is 11.7 Å². The summed E-state index contributed by atoms with van der Waals surface area (Å²) in [6.07, 6.45) is 2.38. The van der Waals surface area contributed by atoms with Crippen LogP contribution in [0.5, 0.6) is 0 Å². The highest BCUT2D eigenvalue weighted by atomic mass is 16.5. The van der Waals surface area contributed by atoms with Crippen molar-refractivity contribution in [1.29, 1.82) is 0 Å². The van der Waals surface area contributed by atoms with Gasteiger partial charge in [0.2, 0.25) is 5.78 Å². The molecule has 33 heavy (non-hydrogen) atoms. The number of aromatic nitrogens is 3. The predicted molar refractivity (Wildman–Crippen MR) is 124 cm³/mol. The van der Waals surface area contributed by atoms with Crippen molar-refractivity contribution in [3.8, 4) is 0 Å². The lowest BCUT2D eigenvalue weighted by atomic mass is 10.0. The molecule has 0 atom stereocenters. The van der Waals surface area contributed by atoms with Crippen molar-refractivity contribution in [2.24, 2.45) is 13.0 Å². The Kier molecular flexibility index (Phi) is 5.88. The minimum absolute atomic E-state index is 0.0605. The highest BCUT2D eigenvalue weighted by Crippen LogP contribution is 2.30. The fourth-order valence-electron chi connectivity index (χ4n) is 4.31. The standard InChI is InChI=1S/C24H26N4O5/c1-13(2)11-28-21(25)20(22(30)27(3)24(28)32)18(29)12-33-23(31)19-14-7-4-5-9-16(14)26-17-10-6-8-15(17)19/h4-5,7,9,13H,6,8,10-12,25H2,1-3H3. The summed E-state index contributed by atoms with van der Waals surface area (Å²) in [7, 11) is 1.29. The van der Waals surface area contributed by atoms with E-state index in [1.54, 1.807) is 6.07 Å². The third-order valence-corrected chi connectivity index (χ3v) is 5.87. The summed E-state index contributed by atoms with van der Waals surface area (Å²) in [5.74, 6) is -1.56. The average Bonchev–Trinajstić information content (AvgIpc) is 3.25. The topological polar surface area (TPSA) is 126 Å². The van der Waals surface area contributed by atoms with Gasteiger partial charge in [0.05, 0.1) is 11.1 Å². The van der Waals surface area contributed by atoms with Gasteiger partial charge in [-0.05, 0) is 36.8 Å². The van der Waals surface area contributed by atoms with Crippen molar-refractivity contribution in [2.45, 2.75) is 39.7 Å². The average molecular weight is 450 g/mol. The molecule has 3 aromatic rings. The van der Waals surface area contributed by atoms with Crippen LogP contribution in [0.15, 0.2) is 33.9 Å². The molecule has 9 heteroatoms. The Balaban J connectivity index is 1.66.